The molecule has 6 rings (SSSR count). The van der Waals surface area contributed by atoms with Crippen LogP contribution in [0, 0.1) is 18.4 Å². The van der Waals surface area contributed by atoms with Gasteiger partial charge in [0, 0.05) is 57.8 Å². The molecule has 0 bridgehead atoms. The van der Waals surface area contributed by atoms with Gasteiger partial charge >= 0.3 is 5.97 Å². The second kappa shape index (κ2) is 12.0. The number of carbonyl (C=O) groups excluding carboxylic acids is 3. The van der Waals surface area contributed by atoms with Crippen molar-refractivity contribution < 1.29 is 19.1 Å². The zero-order valence-electron chi connectivity index (χ0n) is 23.6. The standard InChI is InChI=1S/C30H29BrN8O4/c1-18(40)43-17-26(41)37-8-10-38(11-9-37)30(42)21-6-5-19(12-21)13-25-34-16-23-28(31)36-39(29(23)35-25)22-14-20-4-3-7-33-27(20)24(15-22)32-2/h3-4,7,14-16,19,21H,5-6,8-13,17H2,1H3/t19-,21-/m1/s1. The van der Waals surface area contributed by atoms with E-state index in [2.05, 4.69) is 35.8 Å². The van der Waals surface area contributed by atoms with Crippen molar-refractivity contribution in [3.8, 4) is 5.69 Å². The molecule has 4 heterocycles. The predicted octanol–water partition coefficient (Wildman–Crippen LogP) is 3.87. The number of esters is 1. The topological polar surface area (TPSA) is 128 Å². The highest BCUT2D eigenvalue weighted by molar-refractivity contribution is 9.10. The minimum absolute atomic E-state index is 0.0602. The average Bonchev–Trinajstić information content (AvgIpc) is 3.63. The van der Waals surface area contributed by atoms with Gasteiger partial charge in [0.25, 0.3) is 5.91 Å². The van der Waals surface area contributed by atoms with Crippen molar-refractivity contribution in [2.75, 3.05) is 32.8 Å². The molecule has 12 nitrogen and oxygen atoms in total. The van der Waals surface area contributed by atoms with Crippen LogP contribution in [0.25, 0.3) is 32.5 Å². The Balaban J connectivity index is 1.12. The maximum Gasteiger partial charge on any atom is 0.303 e. The highest BCUT2D eigenvalue weighted by Crippen LogP contribution is 2.35. The third-order valence-corrected chi connectivity index (χ3v) is 8.75. The number of rotatable bonds is 6. The van der Waals surface area contributed by atoms with Crippen molar-refractivity contribution in [3.63, 3.8) is 0 Å². The van der Waals surface area contributed by atoms with Crippen LogP contribution < -0.4 is 0 Å². The molecule has 1 saturated carbocycles. The third-order valence-electron chi connectivity index (χ3n) is 8.17. The molecule has 4 aromatic rings. The number of ether oxygens (including phenoxy) is 1. The largest absolute Gasteiger partial charge is 0.456 e. The number of benzene rings is 1. The number of carbonyl (C=O) groups is 3. The van der Waals surface area contributed by atoms with E-state index in [1.54, 1.807) is 28.0 Å². The number of aromatic nitrogens is 5. The van der Waals surface area contributed by atoms with Crippen molar-refractivity contribution in [3.05, 3.63) is 58.5 Å². The highest BCUT2D eigenvalue weighted by Gasteiger charge is 2.35. The zero-order valence-corrected chi connectivity index (χ0v) is 25.2. The Kier molecular flexibility index (Phi) is 8.03. The first-order chi connectivity index (χ1) is 20.8. The molecule has 1 saturated heterocycles. The van der Waals surface area contributed by atoms with Gasteiger partial charge in [0.1, 0.15) is 10.4 Å². The normalized spacial score (nSPS) is 18.6. The number of hydrogen-bond donors (Lipinski definition) is 0. The summed E-state index contributed by atoms with van der Waals surface area (Å²) in [6.07, 6.45) is 6.58. The molecule has 2 fully saturated rings. The van der Waals surface area contributed by atoms with E-state index in [4.69, 9.17) is 16.3 Å². The summed E-state index contributed by atoms with van der Waals surface area (Å²) in [5.74, 6) is 0.312. The minimum Gasteiger partial charge on any atom is -0.456 e. The summed E-state index contributed by atoms with van der Waals surface area (Å²) < 4.78 is 7.15. The lowest BCUT2D eigenvalue weighted by Crippen LogP contribution is -2.52. The fourth-order valence-electron chi connectivity index (χ4n) is 5.98. The van der Waals surface area contributed by atoms with E-state index in [0.29, 0.717) is 65.6 Å². The summed E-state index contributed by atoms with van der Waals surface area (Å²) in [6, 6.07) is 7.48. The van der Waals surface area contributed by atoms with Crippen molar-refractivity contribution in [2.45, 2.75) is 32.6 Å². The quantitative estimate of drug-likeness (QED) is 0.229. The predicted molar refractivity (Wildman–Crippen MR) is 160 cm³/mol. The van der Waals surface area contributed by atoms with Gasteiger partial charge in [0.05, 0.1) is 23.2 Å². The lowest BCUT2D eigenvalue weighted by Gasteiger charge is -2.36. The van der Waals surface area contributed by atoms with Crippen LogP contribution in [-0.2, 0) is 25.5 Å². The number of piperazine rings is 1. The molecular weight excluding hydrogens is 616 g/mol. The maximum absolute atomic E-state index is 13.3. The molecule has 2 amide bonds. The zero-order chi connectivity index (χ0) is 30.1. The van der Waals surface area contributed by atoms with Crippen LogP contribution >= 0.6 is 15.9 Å². The Morgan fingerprint density at radius 3 is 2.67 bits per heavy atom. The Morgan fingerprint density at radius 1 is 1.12 bits per heavy atom. The van der Waals surface area contributed by atoms with Crippen LogP contribution in [-0.4, -0.2) is 85.1 Å². The van der Waals surface area contributed by atoms with Gasteiger partial charge in [0.15, 0.2) is 12.3 Å². The van der Waals surface area contributed by atoms with Gasteiger partial charge in [-0.1, -0.05) is 6.07 Å². The molecule has 43 heavy (non-hydrogen) atoms. The molecule has 1 aliphatic carbocycles. The van der Waals surface area contributed by atoms with Crippen LogP contribution in [0.5, 0.6) is 0 Å². The van der Waals surface area contributed by atoms with Crippen LogP contribution in [0.1, 0.15) is 32.0 Å². The molecular formula is C30H29BrN8O4. The van der Waals surface area contributed by atoms with Crippen molar-refractivity contribution in [2.24, 2.45) is 11.8 Å². The van der Waals surface area contributed by atoms with E-state index in [1.807, 2.05) is 23.1 Å². The molecule has 0 radical (unpaired) electrons. The molecule has 0 spiro atoms. The van der Waals surface area contributed by atoms with Crippen LogP contribution in [0.4, 0.5) is 5.69 Å². The first-order valence-corrected chi connectivity index (χ1v) is 15.0. The van der Waals surface area contributed by atoms with Gasteiger partial charge in [-0.05, 0) is 64.7 Å². The van der Waals surface area contributed by atoms with Gasteiger partial charge in [0.2, 0.25) is 11.6 Å². The Morgan fingerprint density at radius 2 is 1.91 bits per heavy atom. The first kappa shape index (κ1) is 28.7. The van der Waals surface area contributed by atoms with Crippen LogP contribution in [0.2, 0.25) is 0 Å². The molecule has 3 aromatic heterocycles. The number of amides is 2. The number of fused-ring (bicyclic) bond motifs is 2. The summed E-state index contributed by atoms with van der Waals surface area (Å²) in [5, 5.41) is 6.26. The van der Waals surface area contributed by atoms with Gasteiger partial charge < -0.3 is 14.5 Å². The maximum atomic E-state index is 13.3. The van der Waals surface area contributed by atoms with Crippen LogP contribution in [0.3, 0.4) is 0 Å². The number of halogens is 1. The summed E-state index contributed by atoms with van der Waals surface area (Å²) in [5.41, 5.74) is 2.44. The van der Waals surface area contributed by atoms with E-state index in [9.17, 15) is 14.4 Å². The number of hydrogen-bond acceptors (Lipinski definition) is 8. The smallest absolute Gasteiger partial charge is 0.303 e. The second-order valence-corrected chi connectivity index (χ2v) is 11.7. The molecule has 220 valence electrons. The summed E-state index contributed by atoms with van der Waals surface area (Å²) >= 11 is 3.53. The monoisotopic (exact) mass is 644 g/mol. The molecule has 0 unspecified atom stereocenters. The Bertz CT molecular complexity index is 1780. The van der Waals surface area contributed by atoms with E-state index < -0.39 is 5.97 Å². The summed E-state index contributed by atoms with van der Waals surface area (Å²) in [4.78, 5) is 57.5. The highest BCUT2D eigenvalue weighted by atomic mass is 79.9. The van der Waals surface area contributed by atoms with E-state index in [0.717, 1.165) is 30.0 Å². The Hall–Kier alpha value is -4.44. The van der Waals surface area contributed by atoms with Gasteiger partial charge in [-0.25, -0.2) is 19.5 Å². The minimum atomic E-state index is -0.486. The molecule has 1 aromatic carbocycles. The second-order valence-electron chi connectivity index (χ2n) is 10.9. The van der Waals surface area contributed by atoms with E-state index >= 15 is 0 Å². The average molecular weight is 646 g/mol. The van der Waals surface area contributed by atoms with Crippen molar-refractivity contribution in [1.29, 1.82) is 0 Å². The molecule has 13 heteroatoms. The number of nitrogens with zero attached hydrogens (tertiary/aromatic N) is 8. The fraction of sp³-hybridized carbons (Fsp3) is 0.400. The first-order valence-electron chi connectivity index (χ1n) is 14.2. The van der Waals surface area contributed by atoms with Crippen molar-refractivity contribution in [1.82, 2.24) is 34.5 Å². The van der Waals surface area contributed by atoms with E-state index in [-0.39, 0.29) is 30.3 Å². The molecule has 0 N–H and O–H groups in total. The van der Waals surface area contributed by atoms with Crippen molar-refractivity contribution >= 4 is 61.3 Å². The van der Waals surface area contributed by atoms with Gasteiger partial charge in [-0.15, -0.1) is 0 Å². The third kappa shape index (κ3) is 5.92. The van der Waals surface area contributed by atoms with Gasteiger partial charge in [-0.2, -0.15) is 5.10 Å². The molecule has 2 atom stereocenters. The molecule has 1 aliphatic heterocycles. The summed E-state index contributed by atoms with van der Waals surface area (Å²) in [7, 11) is 0. The summed E-state index contributed by atoms with van der Waals surface area (Å²) in [6.45, 7) is 10.5. The number of pyridine rings is 1. The SMILES string of the molecule is [C-]#[N+]c1cc(-n2nc(Br)c3cnc(C[C@@H]4CC[C@@H](C(=O)N5CCN(C(=O)COC(C)=O)CC5)C4)nc32)cc2cccnc12. The lowest BCUT2D eigenvalue weighted by molar-refractivity contribution is -0.152. The van der Waals surface area contributed by atoms with E-state index in [1.165, 1.54) is 6.92 Å². The Labute approximate surface area is 256 Å². The fourth-order valence-corrected chi connectivity index (χ4v) is 6.42. The molecule has 2 aliphatic rings. The van der Waals surface area contributed by atoms with Gasteiger partial charge in [-0.3, -0.25) is 19.4 Å². The lowest BCUT2D eigenvalue weighted by atomic mass is 10.00. The van der Waals surface area contributed by atoms with Crippen LogP contribution in [0.15, 0.2) is 41.3 Å².